The van der Waals surface area contributed by atoms with Crippen molar-refractivity contribution >= 4 is 23.2 Å². The molecule has 0 bridgehead atoms. The molecule has 0 spiro atoms. The lowest BCUT2D eigenvalue weighted by molar-refractivity contribution is -0.130. The normalized spacial score (nSPS) is 24.8. The third-order valence-corrected chi connectivity index (χ3v) is 6.56. The number of rotatable bonds is 2. The second kappa shape index (κ2) is 6.33. The number of benzene rings is 1. The molecule has 2 aliphatic heterocycles. The first-order valence-electron chi connectivity index (χ1n) is 9.28. The van der Waals surface area contributed by atoms with Gasteiger partial charge in [0, 0.05) is 17.5 Å². The van der Waals surface area contributed by atoms with Gasteiger partial charge in [-0.3, -0.25) is 4.79 Å². The highest BCUT2D eigenvalue weighted by Gasteiger charge is 2.64. The summed E-state index contributed by atoms with van der Waals surface area (Å²) in [7, 11) is 0. The Morgan fingerprint density at radius 2 is 1.89 bits per heavy atom. The van der Waals surface area contributed by atoms with Crippen LogP contribution >= 0.6 is 11.3 Å². The number of Topliss-reactive ketones (excluding diaryl/α,β-unsaturated/α-hetero) is 1. The van der Waals surface area contributed by atoms with Gasteiger partial charge in [0.2, 0.25) is 0 Å². The van der Waals surface area contributed by atoms with E-state index < -0.39 is 28.8 Å². The Hall–Kier alpha value is -2.89. The van der Waals surface area contributed by atoms with Crippen LogP contribution in [0.2, 0.25) is 0 Å². The van der Waals surface area contributed by atoms with Crippen LogP contribution in [0.25, 0.3) is 6.08 Å². The molecule has 1 aromatic heterocycles. The van der Waals surface area contributed by atoms with Gasteiger partial charge in [0.05, 0.1) is 24.2 Å². The zero-order valence-corrected chi connectivity index (χ0v) is 16.9. The molecule has 140 valence electrons. The van der Waals surface area contributed by atoms with Crippen molar-refractivity contribution in [2.45, 2.75) is 38.8 Å². The van der Waals surface area contributed by atoms with E-state index in [1.54, 1.807) is 0 Å². The lowest BCUT2D eigenvalue weighted by Gasteiger charge is -2.36. The van der Waals surface area contributed by atoms with Gasteiger partial charge in [0.25, 0.3) is 0 Å². The Kier molecular flexibility index (Phi) is 4.17. The van der Waals surface area contributed by atoms with Crippen molar-refractivity contribution in [3.8, 4) is 12.1 Å². The summed E-state index contributed by atoms with van der Waals surface area (Å²) in [6.45, 7) is 5.69. The van der Waals surface area contributed by atoms with Gasteiger partial charge < -0.3 is 4.90 Å². The molecule has 3 heterocycles. The Morgan fingerprint density at radius 3 is 2.50 bits per heavy atom. The van der Waals surface area contributed by atoms with Crippen molar-refractivity contribution in [2.24, 2.45) is 10.8 Å². The molecule has 1 fully saturated rings. The number of ketones is 1. The summed E-state index contributed by atoms with van der Waals surface area (Å²) in [6, 6.07) is 13.4. The summed E-state index contributed by atoms with van der Waals surface area (Å²) in [4.78, 5) is 15.5. The van der Waals surface area contributed by atoms with Gasteiger partial charge in [0.1, 0.15) is 0 Å². The smallest absolute Gasteiger partial charge is 0.177 e. The minimum atomic E-state index is -1.35. The lowest BCUT2D eigenvalue weighted by atomic mass is 9.67. The van der Waals surface area contributed by atoms with Crippen molar-refractivity contribution in [3.05, 3.63) is 64.0 Å². The molecular formula is C23H21N3OS. The minimum absolute atomic E-state index is 0.0464. The highest BCUT2D eigenvalue weighted by molar-refractivity contribution is 7.08. The quantitative estimate of drug-likeness (QED) is 0.736. The molecule has 2 aromatic rings. The highest BCUT2D eigenvalue weighted by Crippen LogP contribution is 2.60. The fourth-order valence-electron chi connectivity index (χ4n) is 4.56. The number of carbonyl (C=O) groups is 1. The molecule has 3 unspecified atom stereocenters. The molecule has 0 amide bonds. The molecule has 2 aliphatic rings. The maximum Gasteiger partial charge on any atom is 0.177 e. The van der Waals surface area contributed by atoms with E-state index in [0.29, 0.717) is 0 Å². The van der Waals surface area contributed by atoms with Crippen LogP contribution in [0.15, 0.2) is 47.3 Å². The molecule has 0 aliphatic carbocycles. The van der Waals surface area contributed by atoms with Crippen molar-refractivity contribution in [3.63, 3.8) is 0 Å². The number of nitrogens with zero attached hydrogens (tertiary/aromatic N) is 3. The van der Waals surface area contributed by atoms with E-state index in [0.717, 1.165) is 16.7 Å². The fourth-order valence-corrected chi connectivity index (χ4v) is 5.26. The summed E-state index contributed by atoms with van der Waals surface area (Å²) in [5.41, 5.74) is 0.864. The summed E-state index contributed by atoms with van der Waals surface area (Å²) < 4.78 is 0. The van der Waals surface area contributed by atoms with Gasteiger partial charge in [0.15, 0.2) is 11.2 Å². The van der Waals surface area contributed by atoms with Crippen molar-refractivity contribution in [1.82, 2.24) is 4.90 Å². The third-order valence-electron chi connectivity index (χ3n) is 5.85. The largest absolute Gasteiger partial charge is 0.357 e. The fraction of sp³-hybridized carbons (Fsp3) is 0.348. The molecule has 3 atom stereocenters. The Balaban J connectivity index is 2.01. The van der Waals surface area contributed by atoms with Crippen LogP contribution in [-0.4, -0.2) is 16.7 Å². The zero-order valence-electron chi connectivity index (χ0n) is 16.1. The standard InChI is InChI=1S/C23H21N3OS/c1-22(2,3)21(27)19-18(16-9-11-28-12-16)23(13-24,14-25)20-17-7-5-4-6-15(17)8-10-26(19)20/h4-12,18-20H,1-3H3. The number of thiophene rings is 1. The van der Waals surface area contributed by atoms with Crippen molar-refractivity contribution in [1.29, 1.82) is 10.5 Å². The predicted molar refractivity (Wildman–Crippen MR) is 109 cm³/mol. The van der Waals surface area contributed by atoms with Crippen LogP contribution in [0.4, 0.5) is 0 Å². The molecule has 5 heteroatoms. The molecule has 4 rings (SSSR count). The highest BCUT2D eigenvalue weighted by atomic mass is 32.1. The minimum Gasteiger partial charge on any atom is -0.357 e. The predicted octanol–water partition coefficient (Wildman–Crippen LogP) is 4.89. The van der Waals surface area contributed by atoms with Gasteiger partial charge >= 0.3 is 0 Å². The van der Waals surface area contributed by atoms with Crippen LogP contribution in [0, 0.1) is 33.5 Å². The van der Waals surface area contributed by atoms with E-state index in [1.807, 2.05) is 79.0 Å². The molecule has 0 radical (unpaired) electrons. The molecule has 1 aromatic carbocycles. The van der Waals surface area contributed by atoms with E-state index in [4.69, 9.17) is 0 Å². The van der Waals surface area contributed by atoms with Gasteiger partial charge in [-0.25, -0.2) is 0 Å². The lowest BCUT2D eigenvalue weighted by Crippen LogP contribution is -2.43. The summed E-state index contributed by atoms with van der Waals surface area (Å²) in [6.07, 6.45) is 3.88. The number of hydrogen-bond donors (Lipinski definition) is 0. The van der Waals surface area contributed by atoms with Gasteiger partial charge in [-0.05, 0) is 39.6 Å². The van der Waals surface area contributed by atoms with E-state index in [-0.39, 0.29) is 5.78 Å². The molecular weight excluding hydrogens is 366 g/mol. The number of carbonyl (C=O) groups excluding carboxylic acids is 1. The van der Waals surface area contributed by atoms with Crippen molar-refractivity contribution in [2.75, 3.05) is 0 Å². The molecule has 28 heavy (non-hydrogen) atoms. The summed E-state index contributed by atoms with van der Waals surface area (Å²) in [5, 5.41) is 24.5. The summed E-state index contributed by atoms with van der Waals surface area (Å²) in [5.74, 6) is -0.466. The maximum absolute atomic E-state index is 13.6. The zero-order chi connectivity index (χ0) is 20.1. The van der Waals surface area contributed by atoms with Crippen LogP contribution in [0.3, 0.4) is 0 Å². The Bertz CT molecular complexity index is 1020. The molecule has 0 saturated carbocycles. The van der Waals surface area contributed by atoms with E-state index in [2.05, 4.69) is 12.1 Å². The van der Waals surface area contributed by atoms with Crippen LogP contribution in [-0.2, 0) is 4.79 Å². The first kappa shape index (κ1) is 18.5. The second-order valence-electron chi connectivity index (χ2n) is 8.48. The van der Waals surface area contributed by atoms with Gasteiger partial charge in [-0.1, -0.05) is 45.0 Å². The van der Waals surface area contributed by atoms with Crippen LogP contribution in [0.5, 0.6) is 0 Å². The average molecular weight is 388 g/mol. The first-order chi connectivity index (χ1) is 13.3. The third kappa shape index (κ3) is 2.44. The van der Waals surface area contributed by atoms with Gasteiger partial charge in [-0.15, -0.1) is 0 Å². The topological polar surface area (TPSA) is 67.9 Å². The van der Waals surface area contributed by atoms with E-state index >= 15 is 0 Å². The Labute approximate surface area is 169 Å². The first-order valence-corrected chi connectivity index (χ1v) is 10.2. The monoisotopic (exact) mass is 387 g/mol. The molecule has 0 N–H and O–H groups in total. The van der Waals surface area contributed by atoms with E-state index in [1.165, 1.54) is 11.3 Å². The Morgan fingerprint density at radius 1 is 1.18 bits per heavy atom. The summed E-state index contributed by atoms with van der Waals surface area (Å²) >= 11 is 1.52. The number of fused-ring (bicyclic) bond motifs is 3. The van der Waals surface area contributed by atoms with Crippen LogP contribution < -0.4 is 0 Å². The SMILES string of the molecule is CC(C)(C)C(=O)C1C(c2ccsc2)C(C#N)(C#N)C2c3ccccc3C=CN12. The van der Waals surface area contributed by atoms with Crippen molar-refractivity contribution < 1.29 is 4.79 Å². The number of hydrogen-bond acceptors (Lipinski definition) is 5. The van der Waals surface area contributed by atoms with Crippen LogP contribution in [0.1, 0.15) is 49.4 Å². The average Bonchev–Trinajstić information content (AvgIpc) is 3.30. The van der Waals surface area contributed by atoms with E-state index in [9.17, 15) is 15.3 Å². The maximum atomic E-state index is 13.6. The second-order valence-corrected chi connectivity index (χ2v) is 9.26. The molecule has 4 nitrogen and oxygen atoms in total. The molecule has 1 saturated heterocycles. The number of nitriles is 2. The van der Waals surface area contributed by atoms with Gasteiger partial charge in [-0.2, -0.15) is 21.9 Å².